The van der Waals surface area contributed by atoms with E-state index in [-0.39, 0.29) is 12.5 Å². The number of amides is 1. The summed E-state index contributed by atoms with van der Waals surface area (Å²) in [5.74, 6) is 0.226. The van der Waals surface area contributed by atoms with Gasteiger partial charge in [-0.3, -0.25) is 9.69 Å². The molecule has 1 rings (SSSR count). The van der Waals surface area contributed by atoms with Gasteiger partial charge < -0.3 is 10.0 Å². The standard InChI is InChI=1S/C15H30N2O2/c1-3-9-16(10-4-2)15(19)13-17(11-12-18)14-7-5-6-8-14/h14,18H,3-13H2,1-2H3. The summed E-state index contributed by atoms with van der Waals surface area (Å²) in [6, 6.07) is 0.501. The third kappa shape index (κ3) is 5.49. The van der Waals surface area contributed by atoms with Gasteiger partial charge in [-0.15, -0.1) is 0 Å². The lowest BCUT2D eigenvalue weighted by Gasteiger charge is -2.30. The van der Waals surface area contributed by atoms with Gasteiger partial charge in [0.1, 0.15) is 0 Å². The maximum Gasteiger partial charge on any atom is 0.236 e. The second-order valence-corrected chi connectivity index (χ2v) is 5.51. The van der Waals surface area contributed by atoms with Crippen LogP contribution in [-0.4, -0.2) is 59.6 Å². The van der Waals surface area contributed by atoms with Crippen LogP contribution in [0.5, 0.6) is 0 Å². The van der Waals surface area contributed by atoms with Crippen molar-refractivity contribution in [2.75, 3.05) is 32.8 Å². The van der Waals surface area contributed by atoms with Crippen molar-refractivity contribution >= 4 is 5.91 Å². The van der Waals surface area contributed by atoms with E-state index in [1.807, 2.05) is 4.90 Å². The van der Waals surface area contributed by atoms with E-state index in [1.165, 1.54) is 25.7 Å². The first kappa shape index (κ1) is 16.4. The second-order valence-electron chi connectivity index (χ2n) is 5.51. The Kier molecular flexibility index (Phi) is 8.07. The highest BCUT2D eigenvalue weighted by Gasteiger charge is 2.25. The fourth-order valence-electron chi connectivity index (χ4n) is 2.96. The van der Waals surface area contributed by atoms with E-state index in [1.54, 1.807) is 0 Å². The van der Waals surface area contributed by atoms with E-state index in [9.17, 15) is 9.90 Å². The Morgan fingerprint density at radius 1 is 1.11 bits per heavy atom. The average Bonchev–Trinajstić information content (AvgIpc) is 2.91. The zero-order valence-electron chi connectivity index (χ0n) is 12.6. The molecule has 1 fully saturated rings. The zero-order valence-corrected chi connectivity index (χ0v) is 12.6. The van der Waals surface area contributed by atoms with Crippen LogP contribution < -0.4 is 0 Å². The maximum atomic E-state index is 12.4. The van der Waals surface area contributed by atoms with Crippen molar-refractivity contribution in [2.45, 2.75) is 58.4 Å². The zero-order chi connectivity index (χ0) is 14.1. The summed E-state index contributed by atoms with van der Waals surface area (Å²) in [6.45, 7) is 7.17. The van der Waals surface area contributed by atoms with Crippen LogP contribution in [0.3, 0.4) is 0 Å². The molecule has 1 saturated carbocycles. The Morgan fingerprint density at radius 2 is 1.68 bits per heavy atom. The first-order chi connectivity index (χ1) is 9.22. The van der Waals surface area contributed by atoms with Crippen LogP contribution in [0.15, 0.2) is 0 Å². The summed E-state index contributed by atoms with van der Waals surface area (Å²) in [5.41, 5.74) is 0. The van der Waals surface area contributed by atoms with Crippen LogP contribution in [0.2, 0.25) is 0 Å². The summed E-state index contributed by atoms with van der Waals surface area (Å²) in [6.07, 6.45) is 6.89. The molecule has 1 amide bonds. The molecule has 0 saturated heterocycles. The van der Waals surface area contributed by atoms with E-state index >= 15 is 0 Å². The summed E-state index contributed by atoms with van der Waals surface area (Å²) in [7, 11) is 0. The minimum absolute atomic E-state index is 0.144. The van der Waals surface area contributed by atoms with Crippen molar-refractivity contribution in [2.24, 2.45) is 0 Å². The summed E-state index contributed by atoms with van der Waals surface area (Å²) in [4.78, 5) is 16.5. The number of aliphatic hydroxyl groups is 1. The molecule has 1 aliphatic rings. The minimum atomic E-state index is 0.144. The molecular weight excluding hydrogens is 240 g/mol. The predicted octanol–water partition coefficient (Wildman–Crippen LogP) is 1.87. The Bertz CT molecular complexity index is 247. The van der Waals surface area contributed by atoms with Gasteiger partial charge in [0.2, 0.25) is 5.91 Å². The van der Waals surface area contributed by atoms with E-state index in [0.29, 0.717) is 19.1 Å². The van der Waals surface area contributed by atoms with Crippen molar-refractivity contribution in [3.05, 3.63) is 0 Å². The fraction of sp³-hybridized carbons (Fsp3) is 0.933. The molecule has 1 aliphatic carbocycles. The monoisotopic (exact) mass is 270 g/mol. The molecule has 0 aromatic carbocycles. The first-order valence-electron chi connectivity index (χ1n) is 7.85. The second kappa shape index (κ2) is 9.32. The number of hydrogen-bond donors (Lipinski definition) is 1. The molecular formula is C15H30N2O2. The summed E-state index contributed by atoms with van der Waals surface area (Å²) in [5, 5.41) is 9.19. The summed E-state index contributed by atoms with van der Waals surface area (Å²) >= 11 is 0. The van der Waals surface area contributed by atoms with Gasteiger partial charge in [-0.25, -0.2) is 0 Å². The van der Waals surface area contributed by atoms with Crippen molar-refractivity contribution in [3.63, 3.8) is 0 Å². The SMILES string of the molecule is CCCN(CCC)C(=O)CN(CCO)C1CCCC1. The molecule has 0 aromatic heterocycles. The number of aliphatic hydroxyl groups excluding tert-OH is 1. The van der Waals surface area contributed by atoms with Gasteiger partial charge in [-0.1, -0.05) is 26.7 Å². The topological polar surface area (TPSA) is 43.8 Å². The van der Waals surface area contributed by atoms with Crippen molar-refractivity contribution < 1.29 is 9.90 Å². The van der Waals surface area contributed by atoms with Crippen LogP contribution in [0.25, 0.3) is 0 Å². The van der Waals surface area contributed by atoms with E-state index < -0.39 is 0 Å². The van der Waals surface area contributed by atoms with Gasteiger partial charge in [-0.05, 0) is 25.7 Å². The van der Waals surface area contributed by atoms with Gasteiger partial charge in [0.05, 0.1) is 13.2 Å². The molecule has 0 radical (unpaired) electrons. The van der Waals surface area contributed by atoms with Crippen molar-refractivity contribution in [1.29, 1.82) is 0 Å². The molecule has 0 atom stereocenters. The highest BCUT2D eigenvalue weighted by Crippen LogP contribution is 2.23. The summed E-state index contributed by atoms with van der Waals surface area (Å²) < 4.78 is 0. The minimum Gasteiger partial charge on any atom is -0.395 e. The molecule has 19 heavy (non-hydrogen) atoms. The van der Waals surface area contributed by atoms with Gasteiger partial charge in [0.25, 0.3) is 0 Å². The normalized spacial score (nSPS) is 16.2. The van der Waals surface area contributed by atoms with Gasteiger partial charge in [0.15, 0.2) is 0 Å². The van der Waals surface area contributed by atoms with Gasteiger partial charge in [0, 0.05) is 25.7 Å². The third-order valence-corrected chi connectivity index (χ3v) is 3.91. The van der Waals surface area contributed by atoms with Crippen LogP contribution in [0, 0.1) is 0 Å². The van der Waals surface area contributed by atoms with Crippen LogP contribution in [0.4, 0.5) is 0 Å². The molecule has 0 heterocycles. The van der Waals surface area contributed by atoms with Crippen LogP contribution in [0.1, 0.15) is 52.4 Å². The average molecular weight is 270 g/mol. The van der Waals surface area contributed by atoms with E-state index in [4.69, 9.17) is 0 Å². The molecule has 0 bridgehead atoms. The maximum absolute atomic E-state index is 12.4. The number of nitrogens with zero attached hydrogens (tertiary/aromatic N) is 2. The number of hydrogen-bond acceptors (Lipinski definition) is 3. The molecule has 4 heteroatoms. The fourth-order valence-corrected chi connectivity index (χ4v) is 2.96. The van der Waals surface area contributed by atoms with Crippen LogP contribution >= 0.6 is 0 Å². The molecule has 0 unspecified atom stereocenters. The third-order valence-electron chi connectivity index (χ3n) is 3.91. The van der Waals surface area contributed by atoms with Crippen molar-refractivity contribution in [1.82, 2.24) is 9.80 Å². The Morgan fingerprint density at radius 3 is 2.16 bits per heavy atom. The molecule has 0 aliphatic heterocycles. The van der Waals surface area contributed by atoms with E-state index in [2.05, 4.69) is 18.7 Å². The smallest absolute Gasteiger partial charge is 0.236 e. The van der Waals surface area contributed by atoms with E-state index in [0.717, 1.165) is 25.9 Å². The Balaban J connectivity index is 2.52. The predicted molar refractivity (Wildman–Crippen MR) is 78.1 cm³/mol. The van der Waals surface area contributed by atoms with Crippen molar-refractivity contribution in [3.8, 4) is 0 Å². The number of rotatable bonds is 9. The Hall–Kier alpha value is -0.610. The lowest BCUT2D eigenvalue weighted by molar-refractivity contribution is -0.133. The van der Waals surface area contributed by atoms with Crippen LogP contribution in [-0.2, 0) is 4.79 Å². The lowest BCUT2D eigenvalue weighted by Crippen LogP contribution is -2.45. The Labute approximate surface area is 117 Å². The van der Waals surface area contributed by atoms with Gasteiger partial charge in [-0.2, -0.15) is 0 Å². The largest absolute Gasteiger partial charge is 0.395 e. The number of carbonyl (C=O) groups excluding carboxylic acids is 1. The highest BCUT2D eigenvalue weighted by atomic mass is 16.3. The molecule has 1 N–H and O–H groups in total. The quantitative estimate of drug-likeness (QED) is 0.695. The molecule has 112 valence electrons. The lowest BCUT2D eigenvalue weighted by atomic mass is 10.2. The first-order valence-corrected chi connectivity index (χ1v) is 7.85. The highest BCUT2D eigenvalue weighted by molar-refractivity contribution is 5.78. The molecule has 4 nitrogen and oxygen atoms in total. The number of carbonyl (C=O) groups is 1. The van der Waals surface area contributed by atoms with Gasteiger partial charge >= 0.3 is 0 Å². The molecule has 0 aromatic rings. The molecule has 0 spiro atoms.